The minimum atomic E-state index is 0.388. The van der Waals surface area contributed by atoms with Crippen LogP contribution < -0.4 is 5.73 Å². The van der Waals surface area contributed by atoms with E-state index in [0.717, 1.165) is 10.6 Å². The predicted molar refractivity (Wildman–Crippen MR) is 70.5 cm³/mol. The monoisotopic (exact) mass is 285 g/mol. The lowest BCUT2D eigenvalue weighted by Gasteiger charge is -2.04. The first-order chi connectivity index (χ1) is 8.19. The number of nitrogens with two attached hydrogens (primary N) is 1. The Kier molecular flexibility index (Phi) is 4.23. The highest BCUT2D eigenvalue weighted by molar-refractivity contribution is 7.99. The maximum Gasteiger partial charge on any atom is 0.192 e. The van der Waals surface area contributed by atoms with Gasteiger partial charge in [0.1, 0.15) is 0 Å². The van der Waals surface area contributed by atoms with Gasteiger partial charge >= 0.3 is 0 Å². The van der Waals surface area contributed by atoms with Crippen LogP contribution in [0.1, 0.15) is 5.69 Å². The molecule has 3 nitrogen and oxygen atoms in total. The van der Waals surface area contributed by atoms with Crippen molar-refractivity contribution < 1.29 is 0 Å². The van der Waals surface area contributed by atoms with Gasteiger partial charge in [-0.2, -0.15) is 0 Å². The Morgan fingerprint density at radius 1 is 1.24 bits per heavy atom. The number of nitrogens with zero attached hydrogens (tertiary/aromatic N) is 2. The Labute approximate surface area is 113 Å². The summed E-state index contributed by atoms with van der Waals surface area (Å²) in [6.07, 6.45) is 1.68. The van der Waals surface area contributed by atoms with Crippen molar-refractivity contribution in [3.8, 4) is 0 Å². The first kappa shape index (κ1) is 12.6. The molecule has 0 aliphatic carbocycles. The third-order valence-electron chi connectivity index (χ3n) is 1.99. The van der Waals surface area contributed by atoms with Crippen LogP contribution in [0.15, 0.2) is 40.5 Å². The summed E-state index contributed by atoms with van der Waals surface area (Å²) in [7, 11) is 0. The van der Waals surface area contributed by atoms with Crippen molar-refractivity contribution in [1.29, 1.82) is 0 Å². The van der Waals surface area contributed by atoms with Gasteiger partial charge < -0.3 is 5.73 Å². The highest BCUT2D eigenvalue weighted by Gasteiger charge is 2.06. The summed E-state index contributed by atoms with van der Waals surface area (Å²) in [5, 5.41) is 1.87. The molecule has 2 N–H and O–H groups in total. The summed E-state index contributed by atoms with van der Waals surface area (Å²) >= 11 is 13.3. The lowest BCUT2D eigenvalue weighted by atomic mass is 10.4. The Bertz CT molecular complexity index is 534. The number of hydrogen-bond donors (Lipinski definition) is 1. The minimum Gasteiger partial charge on any atom is -0.325 e. The predicted octanol–water partition coefficient (Wildman–Crippen LogP) is 3.39. The number of hydrogen-bond acceptors (Lipinski definition) is 4. The topological polar surface area (TPSA) is 51.8 Å². The third kappa shape index (κ3) is 3.33. The second-order valence-electron chi connectivity index (χ2n) is 3.21. The van der Waals surface area contributed by atoms with Gasteiger partial charge in [-0.15, -0.1) is 0 Å². The van der Waals surface area contributed by atoms with Gasteiger partial charge in [-0.1, -0.05) is 23.2 Å². The van der Waals surface area contributed by atoms with E-state index in [1.165, 1.54) is 11.8 Å². The van der Waals surface area contributed by atoms with E-state index in [1.54, 1.807) is 30.5 Å². The molecule has 0 amide bonds. The van der Waals surface area contributed by atoms with E-state index in [0.29, 0.717) is 21.7 Å². The van der Waals surface area contributed by atoms with Gasteiger partial charge in [0, 0.05) is 22.7 Å². The first-order valence-corrected chi connectivity index (χ1v) is 6.41. The fourth-order valence-corrected chi connectivity index (χ4v) is 2.49. The molecule has 0 fully saturated rings. The zero-order valence-corrected chi connectivity index (χ0v) is 11.1. The average Bonchev–Trinajstić information content (AvgIpc) is 2.34. The zero-order chi connectivity index (χ0) is 12.3. The van der Waals surface area contributed by atoms with E-state index in [1.807, 2.05) is 0 Å². The molecule has 0 aliphatic heterocycles. The van der Waals surface area contributed by atoms with Crippen molar-refractivity contribution >= 4 is 35.0 Å². The standard InChI is InChI=1S/C11H9Cl2N3S/c12-7-1-2-9(13)10(5-7)17-11-15-4-3-8(6-14)16-11/h1-5H,6,14H2. The molecule has 6 heteroatoms. The number of halogens is 2. The molecule has 17 heavy (non-hydrogen) atoms. The van der Waals surface area contributed by atoms with Crippen LogP contribution in [0.2, 0.25) is 10.0 Å². The molecule has 0 atom stereocenters. The van der Waals surface area contributed by atoms with E-state index in [9.17, 15) is 0 Å². The van der Waals surface area contributed by atoms with E-state index in [4.69, 9.17) is 28.9 Å². The van der Waals surface area contributed by atoms with Crippen molar-refractivity contribution in [3.63, 3.8) is 0 Å². The third-order valence-corrected chi connectivity index (χ3v) is 3.61. The molecule has 0 aliphatic rings. The van der Waals surface area contributed by atoms with Gasteiger partial charge in [0.05, 0.1) is 10.7 Å². The second kappa shape index (κ2) is 5.69. The second-order valence-corrected chi connectivity index (χ2v) is 5.06. The maximum absolute atomic E-state index is 6.06. The molecule has 0 unspecified atom stereocenters. The van der Waals surface area contributed by atoms with E-state index in [-0.39, 0.29) is 0 Å². The van der Waals surface area contributed by atoms with Crippen LogP contribution in [0.3, 0.4) is 0 Å². The Balaban J connectivity index is 2.27. The van der Waals surface area contributed by atoms with Gasteiger partial charge in [-0.05, 0) is 36.0 Å². The van der Waals surface area contributed by atoms with Gasteiger partial charge in [0.15, 0.2) is 5.16 Å². The summed E-state index contributed by atoms with van der Waals surface area (Å²) in [5.41, 5.74) is 6.31. The summed E-state index contributed by atoms with van der Waals surface area (Å²) in [5.74, 6) is 0. The molecular weight excluding hydrogens is 277 g/mol. The first-order valence-electron chi connectivity index (χ1n) is 4.84. The largest absolute Gasteiger partial charge is 0.325 e. The fourth-order valence-electron chi connectivity index (χ4n) is 1.19. The van der Waals surface area contributed by atoms with Crippen LogP contribution in [-0.4, -0.2) is 9.97 Å². The zero-order valence-electron chi connectivity index (χ0n) is 8.73. The quantitative estimate of drug-likeness (QED) is 0.879. The summed E-state index contributed by atoms with van der Waals surface area (Å²) in [6, 6.07) is 7.06. The van der Waals surface area contributed by atoms with E-state index >= 15 is 0 Å². The average molecular weight is 286 g/mol. The lowest BCUT2D eigenvalue weighted by Crippen LogP contribution is -2.00. The lowest BCUT2D eigenvalue weighted by molar-refractivity contribution is 0.874. The summed E-state index contributed by atoms with van der Waals surface area (Å²) in [6.45, 7) is 0.388. The molecule has 1 heterocycles. The van der Waals surface area contributed by atoms with Gasteiger partial charge in [-0.3, -0.25) is 0 Å². The summed E-state index contributed by atoms with van der Waals surface area (Å²) in [4.78, 5) is 9.26. The molecule has 2 rings (SSSR count). The highest BCUT2D eigenvalue weighted by atomic mass is 35.5. The number of aromatic nitrogens is 2. The molecule has 88 valence electrons. The molecule has 1 aromatic carbocycles. The van der Waals surface area contributed by atoms with Crippen LogP contribution in [0, 0.1) is 0 Å². The molecule has 2 aromatic rings. The molecule has 0 radical (unpaired) electrons. The highest BCUT2D eigenvalue weighted by Crippen LogP contribution is 2.33. The van der Waals surface area contributed by atoms with Crippen molar-refractivity contribution in [1.82, 2.24) is 9.97 Å². The van der Waals surface area contributed by atoms with Crippen molar-refractivity contribution in [2.45, 2.75) is 16.6 Å². The van der Waals surface area contributed by atoms with Crippen LogP contribution in [0.25, 0.3) is 0 Å². The fraction of sp³-hybridized carbons (Fsp3) is 0.0909. The molecular formula is C11H9Cl2N3S. The van der Waals surface area contributed by atoms with Gasteiger partial charge in [-0.25, -0.2) is 9.97 Å². The molecule has 0 saturated heterocycles. The van der Waals surface area contributed by atoms with Crippen LogP contribution in [0.5, 0.6) is 0 Å². The molecule has 0 spiro atoms. The van der Waals surface area contributed by atoms with Gasteiger partial charge in [0.25, 0.3) is 0 Å². The summed E-state index contributed by atoms with van der Waals surface area (Å²) < 4.78 is 0. The Morgan fingerprint density at radius 3 is 2.82 bits per heavy atom. The van der Waals surface area contributed by atoms with Crippen molar-refractivity contribution in [2.75, 3.05) is 0 Å². The number of rotatable bonds is 3. The molecule has 0 bridgehead atoms. The van der Waals surface area contributed by atoms with Gasteiger partial charge in [0.2, 0.25) is 0 Å². The number of benzene rings is 1. The van der Waals surface area contributed by atoms with E-state index < -0.39 is 0 Å². The van der Waals surface area contributed by atoms with Crippen LogP contribution >= 0.6 is 35.0 Å². The smallest absolute Gasteiger partial charge is 0.192 e. The van der Waals surface area contributed by atoms with Crippen molar-refractivity contribution in [2.24, 2.45) is 5.73 Å². The maximum atomic E-state index is 6.06. The van der Waals surface area contributed by atoms with Crippen molar-refractivity contribution in [3.05, 3.63) is 46.2 Å². The van der Waals surface area contributed by atoms with Crippen LogP contribution in [0.4, 0.5) is 0 Å². The van der Waals surface area contributed by atoms with Crippen LogP contribution in [-0.2, 0) is 6.54 Å². The normalized spacial score (nSPS) is 10.5. The minimum absolute atomic E-state index is 0.388. The Morgan fingerprint density at radius 2 is 2.06 bits per heavy atom. The Hall–Kier alpha value is -0.810. The molecule has 0 saturated carbocycles. The SMILES string of the molecule is NCc1ccnc(Sc2cc(Cl)ccc2Cl)n1. The molecule has 1 aromatic heterocycles. The van der Waals surface area contributed by atoms with E-state index in [2.05, 4.69) is 9.97 Å².